The van der Waals surface area contributed by atoms with Gasteiger partial charge in [0.25, 0.3) is 0 Å². The van der Waals surface area contributed by atoms with Crippen LogP contribution in [0.5, 0.6) is 5.75 Å². The number of methoxy groups -OCH3 is 1. The van der Waals surface area contributed by atoms with Crippen LogP contribution < -0.4 is 10.1 Å². The number of carbonyl (C=O) groups excluding carboxylic acids is 1. The average molecular weight is 432 g/mol. The number of imidazole rings is 1. The number of aromatic nitrogens is 2. The minimum atomic E-state index is -0.375. The van der Waals surface area contributed by atoms with Gasteiger partial charge in [-0.2, -0.15) is 0 Å². The van der Waals surface area contributed by atoms with Crippen molar-refractivity contribution in [2.45, 2.75) is 39.2 Å². The molecule has 0 aliphatic rings. The van der Waals surface area contributed by atoms with Crippen molar-refractivity contribution in [2.75, 3.05) is 7.11 Å². The quantitative estimate of drug-likeness (QED) is 0.444. The lowest BCUT2D eigenvalue weighted by atomic mass is 9.95. The number of ether oxygens (including phenoxy) is 1. The topological polar surface area (TPSA) is 69.3 Å². The van der Waals surface area contributed by atoms with Crippen LogP contribution in [0.1, 0.15) is 53.9 Å². The van der Waals surface area contributed by atoms with Gasteiger partial charge in [0, 0.05) is 30.4 Å². The summed E-state index contributed by atoms with van der Waals surface area (Å²) in [6.45, 7) is 6.44. The molecule has 0 spiro atoms. The van der Waals surface area contributed by atoms with Crippen LogP contribution >= 0.6 is 0 Å². The molecule has 0 saturated carbocycles. The second-order valence-electron chi connectivity index (χ2n) is 8.47. The van der Waals surface area contributed by atoms with E-state index in [1.807, 2.05) is 42.1 Å². The molecule has 6 heteroatoms. The molecule has 1 unspecified atom stereocenters. The normalized spacial score (nSPS) is 12.3. The van der Waals surface area contributed by atoms with Gasteiger partial charge < -0.3 is 19.0 Å². The first-order valence-corrected chi connectivity index (χ1v) is 10.8. The second-order valence-corrected chi connectivity index (χ2v) is 8.47. The smallest absolute Gasteiger partial charge is 0.225 e. The molecular formula is C26H29N3O3. The number of hydrogen-bond donors (Lipinski definition) is 1. The molecule has 1 amide bonds. The third kappa shape index (κ3) is 4.26. The van der Waals surface area contributed by atoms with Crippen molar-refractivity contribution >= 4 is 16.9 Å². The van der Waals surface area contributed by atoms with Crippen LogP contribution in [0.2, 0.25) is 0 Å². The number of amides is 1. The number of aryl methyl sites for hydroxylation is 2. The maximum absolute atomic E-state index is 13.1. The van der Waals surface area contributed by atoms with Crippen LogP contribution in [-0.2, 0) is 18.3 Å². The van der Waals surface area contributed by atoms with E-state index in [2.05, 4.69) is 43.2 Å². The third-order valence-corrected chi connectivity index (χ3v) is 5.89. The lowest BCUT2D eigenvalue weighted by Gasteiger charge is -2.19. The predicted octanol–water partition coefficient (Wildman–Crippen LogP) is 5.06. The van der Waals surface area contributed by atoms with Gasteiger partial charge in [0.2, 0.25) is 5.91 Å². The number of nitrogens with one attached hydrogen (secondary N) is 1. The molecule has 4 rings (SSSR count). The molecule has 0 bridgehead atoms. The maximum Gasteiger partial charge on any atom is 0.225 e. The first-order valence-electron chi connectivity index (χ1n) is 10.8. The summed E-state index contributed by atoms with van der Waals surface area (Å²) in [5.74, 6) is 1.83. The molecule has 0 aliphatic heterocycles. The van der Waals surface area contributed by atoms with Crippen LogP contribution in [0.3, 0.4) is 0 Å². The molecule has 2 heterocycles. The molecular weight excluding hydrogens is 402 g/mol. The van der Waals surface area contributed by atoms with Gasteiger partial charge >= 0.3 is 0 Å². The van der Waals surface area contributed by atoms with Crippen LogP contribution in [-0.4, -0.2) is 22.6 Å². The summed E-state index contributed by atoms with van der Waals surface area (Å²) >= 11 is 0. The van der Waals surface area contributed by atoms with E-state index in [1.54, 1.807) is 19.6 Å². The summed E-state index contributed by atoms with van der Waals surface area (Å²) in [7, 11) is 3.55. The zero-order valence-corrected chi connectivity index (χ0v) is 19.2. The van der Waals surface area contributed by atoms with Crippen molar-refractivity contribution < 1.29 is 13.9 Å². The van der Waals surface area contributed by atoms with Gasteiger partial charge in [-0.15, -0.1) is 0 Å². The summed E-state index contributed by atoms with van der Waals surface area (Å²) in [5, 5.41) is 4.15. The summed E-state index contributed by atoms with van der Waals surface area (Å²) in [6.07, 6.45) is 5.52. The number of benzene rings is 2. The number of rotatable bonds is 7. The highest BCUT2D eigenvalue weighted by Crippen LogP contribution is 2.29. The molecule has 6 nitrogen and oxygen atoms in total. The van der Waals surface area contributed by atoms with Crippen LogP contribution in [0.15, 0.2) is 59.5 Å². The van der Waals surface area contributed by atoms with Crippen LogP contribution in [0.25, 0.3) is 11.0 Å². The van der Waals surface area contributed by atoms with E-state index in [9.17, 15) is 4.79 Å². The van der Waals surface area contributed by atoms with Crippen molar-refractivity contribution in [3.8, 4) is 5.75 Å². The average Bonchev–Trinajstić information content (AvgIpc) is 3.37. The molecule has 0 radical (unpaired) electrons. The van der Waals surface area contributed by atoms with E-state index in [-0.39, 0.29) is 18.4 Å². The van der Waals surface area contributed by atoms with Crippen LogP contribution in [0, 0.1) is 6.92 Å². The van der Waals surface area contributed by atoms with Gasteiger partial charge in [0.05, 0.1) is 19.8 Å². The fraction of sp³-hybridized carbons (Fsp3) is 0.308. The largest absolute Gasteiger partial charge is 0.497 e. The minimum absolute atomic E-state index is 0.0943. The monoisotopic (exact) mass is 431 g/mol. The zero-order chi connectivity index (χ0) is 22.8. The first kappa shape index (κ1) is 21.7. The Morgan fingerprint density at radius 1 is 1.22 bits per heavy atom. The van der Waals surface area contributed by atoms with Crippen molar-refractivity contribution in [3.63, 3.8) is 0 Å². The van der Waals surface area contributed by atoms with E-state index in [0.717, 1.165) is 33.7 Å². The highest BCUT2D eigenvalue weighted by atomic mass is 16.5. The molecule has 0 aliphatic carbocycles. The van der Waals surface area contributed by atoms with E-state index < -0.39 is 0 Å². The van der Waals surface area contributed by atoms with Crippen molar-refractivity contribution in [3.05, 3.63) is 83.1 Å². The molecule has 1 atom stereocenters. The Labute approximate surface area is 188 Å². The Bertz CT molecular complexity index is 1240. The molecule has 166 valence electrons. The standard InChI is InChI=1S/C26H29N3O3/c1-16(2)21-14-22-19(15-32-23(22)12-17(21)3)13-24(30)28-25(26-27-10-11-29(26)4)18-6-8-20(31-5)9-7-18/h6-12,14-16,25H,13H2,1-5H3,(H,28,30). The van der Waals surface area contributed by atoms with Gasteiger partial charge in [-0.25, -0.2) is 4.98 Å². The third-order valence-electron chi connectivity index (χ3n) is 5.89. The molecule has 0 saturated heterocycles. The number of nitrogens with zero attached hydrogens (tertiary/aromatic N) is 2. The maximum atomic E-state index is 13.1. The lowest BCUT2D eigenvalue weighted by Crippen LogP contribution is -2.32. The van der Waals surface area contributed by atoms with Crippen LogP contribution in [0.4, 0.5) is 0 Å². The fourth-order valence-electron chi connectivity index (χ4n) is 4.14. The van der Waals surface area contributed by atoms with Gasteiger partial charge in [0.1, 0.15) is 23.2 Å². The predicted molar refractivity (Wildman–Crippen MR) is 125 cm³/mol. The summed E-state index contributed by atoms with van der Waals surface area (Å²) < 4.78 is 13.0. The summed E-state index contributed by atoms with van der Waals surface area (Å²) in [4.78, 5) is 17.6. The molecule has 1 N–H and O–H groups in total. The van der Waals surface area contributed by atoms with Gasteiger partial charge in [-0.05, 0) is 53.8 Å². The number of hydrogen-bond acceptors (Lipinski definition) is 4. The lowest BCUT2D eigenvalue weighted by molar-refractivity contribution is -0.121. The SMILES string of the molecule is COc1ccc(C(NC(=O)Cc2coc3cc(C)c(C(C)C)cc23)c2nccn2C)cc1. The van der Waals surface area contributed by atoms with E-state index in [1.165, 1.54) is 11.1 Å². The summed E-state index contributed by atoms with van der Waals surface area (Å²) in [5.41, 5.74) is 5.10. The number of furan rings is 1. The Balaban J connectivity index is 1.61. The first-order chi connectivity index (χ1) is 15.4. The van der Waals surface area contributed by atoms with Gasteiger partial charge in [-0.1, -0.05) is 26.0 Å². The van der Waals surface area contributed by atoms with Crippen molar-refractivity contribution in [2.24, 2.45) is 7.05 Å². The Morgan fingerprint density at radius 3 is 2.59 bits per heavy atom. The Kier molecular flexibility index (Phi) is 6.04. The van der Waals surface area contributed by atoms with Crippen molar-refractivity contribution in [1.29, 1.82) is 0 Å². The van der Waals surface area contributed by atoms with E-state index in [0.29, 0.717) is 5.92 Å². The fourth-order valence-corrected chi connectivity index (χ4v) is 4.14. The molecule has 32 heavy (non-hydrogen) atoms. The second kappa shape index (κ2) is 8.91. The van der Waals surface area contributed by atoms with E-state index >= 15 is 0 Å². The van der Waals surface area contributed by atoms with E-state index in [4.69, 9.17) is 9.15 Å². The Hall–Kier alpha value is -3.54. The highest BCUT2D eigenvalue weighted by molar-refractivity contribution is 5.88. The number of fused-ring (bicyclic) bond motifs is 1. The van der Waals surface area contributed by atoms with Gasteiger partial charge in [-0.3, -0.25) is 4.79 Å². The highest BCUT2D eigenvalue weighted by Gasteiger charge is 2.22. The Morgan fingerprint density at radius 2 is 1.97 bits per heavy atom. The summed E-state index contributed by atoms with van der Waals surface area (Å²) in [6, 6.07) is 11.5. The minimum Gasteiger partial charge on any atom is -0.497 e. The number of carbonyl (C=O) groups is 1. The van der Waals surface area contributed by atoms with Gasteiger partial charge in [0.15, 0.2) is 0 Å². The zero-order valence-electron chi connectivity index (χ0n) is 19.2. The molecule has 4 aromatic rings. The van der Waals surface area contributed by atoms with Crippen molar-refractivity contribution in [1.82, 2.24) is 14.9 Å². The molecule has 2 aromatic heterocycles. The molecule has 0 fully saturated rings. The molecule has 2 aromatic carbocycles.